The van der Waals surface area contributed by atoms with Crippen molar-refractivity contribution in [2.45, 2.75) is 20.4 Å². The lowest BCUT2D eigenvalue weighted by Gasteiger charge is -2.10. The summed E-state index contributed by atoms with van der Waals surface area (Å²) in [5.41, 5.74) is 2.92. The van der Waals surface area contributed by atoms with Gasteiger partial charge in [0.25, 0.3) is 0 Å². The van der Waals surface area contributed by atoms with E-state index in [1.165, 1.54) is 4.52 Å². The van der Waals surface area contributed by atoms with E-state index in [2.05, 4.69) is 15.1 Å². The third kappa shape index (κ3) is 3.01. The highest BCUT2D eigenvalue weighted by Crippen LogP contribution is 2.33. The Morgan fingerprint density at radius 2 is 2.00 bits per heavy atom. The number of pyridine rings is 1. The topological polar surface area (TPSA) is 65.1 Å². The van der Waals surface area contributed by atoms with Crippen molar-refractivity contribution in [2.75, 3.05) is 0 Å². The van der Waals surface area contributed by atoms with Crippen LogP contribution in [0.2, 0.25) is 10.0 Å². The molecule has 9 heteroatoms. The fourth-order valence-electron chi connectivity index (χ4n) is 3.45. The molecule has 4 aromatic heterocycles. The van der Waals surface area contributed by atoms with Crippen LogP contribution in [0.3, 0.4) is 0 Å². The molecule has 0 aliphatic heterocycles. The number of hydrogen-bond acceptors (Lipinski definition) is 5. The second-order valence-electron chi connectivity index (χ2n) is 6.98. The van der Waals surface area contributed by atoms with Crippen LogP contribution in [0, 0.1) is 13.8 Å². The first-order valence-corrected chi connectivity index (χ1v) is 10.7. The molecule has 0 spiro atoms. The van der Waals surface area contributed by atoms with Crippen molar-refractivity contribution in [3.05, 3.63) is 79.3 Å². The van der Waals surface area contributed by atoms with Gasteiger partial charge < -0.3 is 0 Å². The van der Waals surface area contributed by atoms with Crippen molar-refractivity contribution < 1.29 is 0 Å². The fraction of sp³-hybridized carbons (Fsp3) is 0.143. The van der Waals surface area contributed by atoms with E-state index >= 15 is 0 Å². The lowest BCUT2D eigenvalue weighted by molar-refractivity contribution is 0.720. The molecule has 6 nitrogen and oxygen atoms in total. The van der Waals surface area contributed by atoms with Crippen LogP contribution in [0.15, 0.2) is 47.5 Å². The highest BCUT2D eigenvalue weighted by Gasteiger charge is 2.21. The van der Waals surface area contributed by atoms with Crippen LogP contribution in [0.25, 0.3) is 27.3 Å². The van der Waals surface area contributed by atoms with Gasteiger partial charge in [0.05, 0.1) is 11.9 Å². The largest absolute Gasteiger partial charge is 0.352 e. The lowest BCUT2D eigenvalue weighted by Crippen LogP contribution is -2.28. The predicted molar refractivity (Wildman–Crippen MR) is 121 cm³/mol. The maximum atomic E-state index is 13.4. The quantitative estimate of drug-likeness (QED) is 0.377. The van der Waals surface area contributed by atoms with E-state index in [9.17, 15) is 4.79 Å². The number of halogens is 2. The molecular formula is C21H15Cl2N5OS. The van der Waals surface area contributed by atoms with Crippen LogP contribution < -0.4 is 5.69 Å². The predicted octanol–water partition coefficient (Wildman–Crippen LogP) is 5.14. The van der Waals surface area contributed by atoms with Gasteiger partial charge in [-0.2, -0.15) is 4.52 Å². The van der Waals surface area contributed by atoms with Gasteiger partial charge in [-0.1, -0.05) is 29.3 Å². The van der Waals surface area contributed by atoms with Gasteiger partial charge in [0, 0.05) is 32.9 Å². The van der Waals surface area contributed by atoms with Crippen LogP contribution in [0.4, 0.5) is 0 Å². The van der Waals surface area contributed by atoms with E-state index in [4.69, 9.17) is 23.2 Å². The second kappa shape index (κ2) is 7.19. The summed E-state index contributed by atoms with van der Waals surface area (Å²) in [5.74, 6) is 0.465. The van der Waals surface area contributed by atoms with Gasteiger partial charge in [-0.3, -0.25) is 9.55 Å². The molecule has 0 fully saturated rings. The Kier molecular flexibility index (Phi) is 4.61. The molecule has 30 heavy (non-hydrogen) atoms. The summed E-state index contributed by atoms with van der Waals surface area (Å²) >= 11 is 14.0. The SMILES string of the molecule is Cc1sc2c(c1C)c1nc(-c3cccnc3)nn1c(=O)n2Cc1ccc(Cl)cc1Cl. The maximum Gasteiger partial charge on any atom is 0.352 e. The molecule has 0 N–H and O–H groups in total. The van der Waals surface area contributed by atoms with Gasteiger partial charge in [0.1, 0.15) is 4.83 Å². The Bertz CT molecular complexity index is 1490. The van der Waals surface area contributed by atoms with E-state index in [0.717, 1.165) is 31.8 Å². The molecule has 4 heterocycles. The van der Waals surface area contributed by atoms with Gasteiger partial charge in [0.2, 0.25) is 0 Å². The van der Waals surface area contributed by atoms with E-state index in [0.29, 0.717) is 28.1 Å². The molecule has 0 bridgehead atoms. The molecule has 0 amide bonds. The zero-order valence-corrected chi connectivity index (χ0v) is 18.4. The van der Waals surface area contributed by atoms with E-state index < -0.39 is 0 Å². The van der Waals surface area contributed by atoms with Crippen LogP contribution in [0.1, 0.15) is 16.0 Å². The first-order chi connectivity index (χ1) is 14.4. The lowest BCUT2D eigenvalue weighted by atomic mass is 10.2. The maximum absolute atomic E-state index is 13.4. The summed E-state index contributed by atoms with van der Waals surface area (Å²) in [6.45, 7) is 4.39. The van der Waals surface area contributed by atoms with Crippen LogP contribution in [-0.4, -0.2) is 24.1 Å². The second-order valence-corrected chi connectivity index (χ2v) is 9.03. The standard InChI is InChI=1S/C21H15Cl2N5OS/c1-11-12(2)30-20-17(11)19-25-18(13-4-3-7-24-9-13)26-28(19)21(29)27(20)10-14-5-6-15(22)8-16(14)23/h3-9H,10H2,1-2H3. The average Bonchev–Trinajstić information content (AvgIpc) is 3.29. The summed E-state index contributed by atoms with van der Waals surface area (Å²) in [5, 5.41) is 6.49. The number of thiophene rings is 1. The van der Waals surface area contributed by atoms with Gasteiger partial charge in [0.15, 0.2) is 11.5 Å². The van der Waals surface area contributed by atoms with Crippen molar-refractivity contribution in [3.63, 3.8) is 0 Å². The van der Waals surface area contributed by atoms with Crippen molar-refractivity contribution in [1.82, 2.24) is 24.1 Å². The first kappa shape index (κ1) is 19.2. The van der Waals surface area contributed by atoms with Gasteiger partial charge in [-0.05, 0) is 49.2 Å². The normalized spacial score (nSPS) is 11.6. The molecule has 0 radical (unpaired) electrons. The van der Waals surface area contributed by atoms with Crippen LogP contribution in [-0.2, 0) is 6.54 Å². The average molecular weight is 456 g/mol. The van der Waals surface area contributed by atoms with Crippen molar-refractivity contribution in [2.24, 2.45) is 0 Å². The first-order valence-electron chi connectivity index (χ1n) is 9.17. The Morgan fingerprint density at radius 3 is 2.73 bits per heavy atom. The number of benzene rings is 1. The molecule has 0 saturated heterocycles. The van der Waals surface area contributed by atoms with Crippen molar-refractivity contribution in [3.8, 4) is 11.4 Å². The molecule has 150 valence electrons. The number of aryl methyl sites for hydroxylation is 2. The van der Waals surface area contributed by atoms with Crippen molar-refractivity contribution >= 4 is 50.4 Å². The Labute approximate surface area is 185 Å². The van der Waals surface area contributed by atoms with E-state index in [1.807, 2.05) is 32.0 Å². The summed E-state index contributed by atoms with van der Waals surface area (Å²) < 4.78 is 3.07. The zero-order valence-electron chi connectivity index (χ0n) is 16.1. The van der Waals surface area contributed by atoms with Crippen LogP contribution in [0.5, 0.6) is 0 Å². The summed E-state index contributed by atoms with van der Waals surface area (Å²) in [6, 6.07) is 8.97. The minimum atomic E-state index is -0.271. The van der Waals surface area contributed by atoms with Gasteiger partial charge in [-0.15, -0.1) is 16.4 Å². The highest BCUT2D eigenvalue weighted by molar-refractivity contribution is 7.19. The van der Waals surface area contributed by atoms with E-state index in [-0.39, 0.29) is 5.69 Å². The fourth-order valence-corrected chi connectivity index (χ4v) is 5.06. The number of aromatic nitrogens is 5. The third-order valence-corrected chi connectivity index (χ3v) is 6.94. The molecule has 0 aliphatic rings. The molecule has 5 aromatic rings. The number of fused-ring (bicyclic) bond motifs is 3. The minimum absolute atomic E-state index is 0.271. The zero-order chi connectivity index (χ0) is 21.0. The number of hydrogen-bond donors (Lipinski definition) is 0. The number of rotatable bonds is 3. The van der Waals surface area contributed by atoms with Gasteiger partial charge >= 0.3 is 5.69 Å². The molecule has 0 aliphatic carbocycles. The summed E-state index contributed by atoms with van der Waals surface area (Å²) in [4.78, 5) is 24.2. The Hall–Kier alpha value is -2.74. The molecule has 1 aromatic carbocycles. The van der Waals surface area contributed by atoms with Gasteiger partial charge in [-0.25, -0.2) is 9.78 Å². The summed E-state index contributed by atoms with van der Waals surface area (Å²) in [6.07, 6.45) is 3.37. The smallest absolute Gasteiger partial charge is 0.278 e. The van der Waals surface area contributed by atoms with Crippen molar-refractivity contribution in [1.29, 1.82) is 0 Å². The minimum Gasteiger partial charge on any atom is -0.278 e. The molecule has 0 unspecified atom stereocenters. The molecule has 0 atom stereocenters. The molecule has 5 rings (SSSR count). The van der Waals surface area contributed by atoms with E-state index in [1.54, 1.807) is 40.4 Å². The Balaban J connectivity index is 1.81. The monoisotopic (exact) mass is 455 g/mol. The number of nitrogens with zero attached hydrogens (tertiary/aromatic N) is 5. The highest BCUT2D eigenvalue weighted by atomic mass is 35.5. The third-order valence-electron chi connectivity index (χ3n) is 5.12. The molecule has 0 saturated carbocycles. The Morgan fingerprint density at radius 1 is 1.17 bits per heavy atom. The summed E-state index contributed by atoms with van der Waals surface area (Å²) in [7, 11) is 0. The molecular weight excluding hydrogens is 441 g/mol. The van der Waals surface area contributed by atoms with Crippen LogP contribution >= 0.6 is 34.5 Å².